The van der Waals surface area contributed by atoms with Gasteiger partial charge in [-0.05, 0) is 41.7 Å². The molecule has 27 heavy (non-hydrogen) atoms. The summed E-state index contributed by atoms with van der Waals surface area (Å²) < 4.78 is 14.9. The fourth-order valence-corrected chi connectivity index (χ4v) is 3.57. The van der Waals surface area contributed by atoms with Crippen molar-refractivity contribution in [1.29, 1.82) is 0 Å². The molecule has 0 bridgehead atoms. The summed E-state index contributed by atoms with van der Waals surface area (Å²) in [6.07, 6.45) is 0.344. The average molecular weight is 366 g/mol. The van der Waals surface area contributed by atoms with Gasteiger partial charge in [0.1, 0.15) is 11.9 Å². The van der Waals surface area contributed by atoms with Crippen LogP contribution in [-0.2, 0) is 24.1 Å². The SMILES string of the molecule is NC(=O)Cc1nc(C(O)c2ccc(F)cc2)n(C2Cc3ccccc3C2)n1. The molecule has 1 unspecified atom stereocenters. The van der Waals surface area contributed by atoms with Gasteiger partial charge in [0.15, 0.2) is 11.6 Å². The lowest BCUT2D eigenvalue weighted by atomic mass is 10.1. The second kappa shape index (κ2) is 6.92. The predicted molar refractivity (Wildman–Crippen MR) is 96.3 cm³/mol. The van der Waals surface area contributed by atoms with Crippen molar-refractivity contribution in [3.8, 4) is 0 Å². The van der Waals surface area contributed by atoms with Crippen LogP contribution in [0.1, 0.15) is 40.5 Å². The molecule has 3 N–H and O–H groups in total. The Bertz CT molecular complexity index is 959. The normalized spacial score (nSPS) is 14.9. The van der Waals surface area contributed by atoms with Gasteiger partial charge in [0, 0.05) is 0 Å². The number of halogens is 1. The average Bonchev–Trinajstić information content (AvgIpc) is 3.25. The Morgan fingerprint density at radius 1 is 1.19 bits per heavy atom. The van der Waals surface area contributed by atoms with E-state index in [-0.39, 0.29) is 24.1 Å². The maximum Gasteiger partial charge on any atom is 0.225 e. The third-order valence-corrected chi connectivity index (χ3v) is 4.84. The first-order valence-corrected chi connectivity index (χ1v) is 8.75. The van der Waals surface area contributed by atoms with Gasteiger partial charge in [-0.3, -0.25) is 4.79 Å². The second-order valence-electron chi connectivity index (χ2n) is 6.76. The van der Waals surface area contributed by atoms with Gasteiger partial charge in [0.2, 0.25) is 5.91 Å². The highest BCUT2D eigenvalue weighted by molar-refractivity contribution is 5.75. The highest BCUT2D eigenvalue weighted by Gasteiger charge is 2.29. The number of fused-ring (bicyclic) bond motifs is 1. The molecule has 2 aromatic carbocycles. The van der Waals surface area contributed by atoms with E-state index >= 15 is 0 Å². The molecule has 3 aromatic rings. The number of amides is 1. The Hall–Kier alpha value is -3.06. The van der Waals surface area contributed by atoms with Crippen molar-refractivity contribution < 1.29 is 14.3 Å². The molecule has 7 heteroatoms. The largest absolute Gasteiger partial charge is 0.380 e. The number of aliphatic hydroxyl groups is 1. The van der Waals surface area contributed by atoms with Crippen LogP contribution in [0.4, 0.5) is 4.39 Å². The molecule has 1 amide bonds. The van der Waals surface area contributed by atoms with Crippen LogP contribution in [-0.4, -0.2) is 25.8 Å². The summed E-state index contributed by atoms with van der Waals surface area (Å²) in [5.41, 5.74) is 8.25. The molecule has 0 radical (unpaired) electrons. The number of aliphatic hydroxyl groups excluding tert-OH is 1. The van der Waals surface area contributed by atoms with Gasteiger partial charge in [-0.1, -0.05) is 36.4 Å². The number of carbonyl (C=O) groups excluding carboxylic acids is 1. The van der Waals surface area contributed by atoms with Crippen LogP contribution in [0, 0.1) is 5.82 Å². The van der Waals surface area contributed by atoms with E-state index < -0.39 is 12.0 Å². The highest BCUT2D eigenvalue weighted by atomic mass is 19.1. The number of benzene rings is 2. The summed E-state index contributed by atoms with van der Waals surface area (Å²) in [4.78, 5) is 15.7. The van der Waals surface area contributed by atoms with Gasteiger partial charge in [0.05, 0.1) is 12.5 Å². The first-order valence-electron chi connectivity index (χ1n) is 8.75. The molecule has 6 nitrogen and oxygen atoms in total. The topological polar surface area (TPSA) is 94.0 Å². The van der Waals surface area contributed by atoms with Crippen LogP contribution in [0.3, 0.4) is 0 Å². The molecule has 0 aliphatic heterocycles. The van der Waals surface area contributed by atoms with Crippen molar-refractivity contribution >= 4 is 5.91 Å². The van der Waals surface area contributed by atoms with E-state index in [0.29, 0.717) is 11.4 Å². The first kappa shape index (κ1) is 17.4. The lowest BCUT2D eigenvalue weighted by molar-refractivity contribution is -0.117. The first-order chi connectivity index (χ1) is 13.0. The van der Waals surface area contributed by atoms with Crippen molar-refractivity contribution in [2.45, 2.75) is 31.4 Å². The van der Waals surface area contributed by atoms with E-state index in [2.05, 4.69) is 22.2 Å². The molecular formula is C20H19FN4O2. The smallest absolute Gasteiger partial charge is 0.225 e. The van der Waals surface area contributed by atoms with Gasteiger partial charge in [-0.15, -0.1) is 0 Å². The second-order valence-corrected chi connectivity index (χ2v) is 6.76. The zero-order valence-electron chi connectivity index (χ0n) is 14.5. The number of hydrogen-bond acceptors (Lipinski definition) is 4. The minimum absolute atomic E-state index is 0.0124. The van der Waals surface area contributed by atoms with Crippen molar-refractivity contribution in [3.05, 3.63) is 82.7 Å². The van der Waals surface area contributed by atoms with E-state index in [1.165, 1.54) is 35.4 Å². The molecule has 0 saturated heterocycles. The fraction of sp³-hybridized carbons (Fsp3) is 0.250. The van der Waals surface area contributed by atoms with Gasteiger partial charge in [-0.25, -0.2) is 14.1 Å². The van der Waals surface area contributed by atoms with Crippen LogP contribution in [0.25, 0.3) is 0 Å². The third-order valence-electron chi connectivity index (χ3n) is 4.84. The fourth-order valence-electron chi connectivity index (χ4n) is 3.57. The number of aromatic nitrogens is 3. The van der Waals surface area contributed by atoms with E-state index in [0.717, 1.165) is 12.8 Å². The Balaban J connectivity index is 1.71. The molecule has 4 rings (SSSR count). The summed E-state index contributed by atoms with van der Waals surface area (Å²) in [5, 5.41) is 15.3. The Morgan fingerprint density at radius 3 is 2.41 bits per heavy atom. The minimum atomic E-state index is -1.08. The van der Waals surface area contributed by atoms with Gasteiger partial charge in [0.25, 0.3) is 0 Å². The lowest BCUT2D eigenvalue weighted by Gasteiger charge is -2.16. The van der Waals surface area contributed by atoms with Gasteiger partial charge < -0.3 is 10.8 Å². The van der Waals surface area contributed by atoms with Gasteiger partial charge >= 0.3 is 0 Å². The minimum Gasteiger partial charge on any atom is -0.380 e. The molecule has 1 heterocycles. The van der Waals surface area contributed by atoms with Crippen LogP contribution in [0.5, 0.6) is 0 Å². The Kier molecular flexibility index (Phi) is 4.45. The quantitative estimate of drug-likeness (QED) is 0.721. The van der Waals surface area contributed by atoms with Crippen LogP contribution in [0.15, 0.2) is 48.5 Å². The summed E-state index contributed by atoms with van der Waals surface area (Å²) in [5.74, 6) is -0.317. The molecule has 1 aliphatic rings. The zero-order valence-corrected chi connectivity index (χ0v) is 14.5. The van der Waals surface area contributed by atoms with E-state index in [9.17, 15) is 14.3 Å². The number of nitrogens with zero attached hydrogens (tertiary/aromatic N) is 3. The van der Waals surface area contributed by atoms with E-state index in [1.54, 1.807) is 4.68 Å². The lowest BCUT2D eigenvalue weighted by Crippen LogP contribution is -2.18. The van der Waals surface area contributed by atoms with Crippen LogP contribution >= 0.6 is 0 Å². The summed E-state index contributed by atoms with van der Waals surface area (Å²) in [6, 6.07) is 13.7. The molecule has 0 fully saturated rings. The molecule has 1 atom stereocenters. The predicted octanol–water partition coefficient (Wildman–Crippen LogP) is 1.87. The maximum absolute atomic E-state index is 13.2. The van der Waals surface area contributed by atoms with Crippen LogP contribution in [0.2, 0.25) is 0 Å². The molecule has 0 saturated carbocycles. The molecule has 1 aliphatic carbocycles. The number of primary amides is 1. The van der Waals surface area contributed by atoms with Crippen molar-refractivity contribution in [3.63, 3.8) is 0 Å². The summed E-state index contributed by atoms with van der Waals surface area (Å²) in [6.45, 7) is 0. The van der Waals surface area contributed by atoms with E-state index in [4.69, 9.17) is 5.73 Å². The van der Waals surface area contributed by atoms with Gasteiger partial charge in [-0.2, -0.15) is 5.10 Å². The Morgan fingerprint density at radius 2 is 1.81 bits per heavy atom. The Labute approximate surface area is 155 Å². The molecule has 138 valence electrons. The maximum atomic E-state index is 13.2. The number of hydrogen-bond donors (Lipinski definition) is 2. The highest BCUT2D eigenvalue weighted by Crippen LogP contribution is 2.32. The molecular weight excluding hydrogens is 347 g/mol. The standard InChI is InChI=1S/C20H19FN4O2/c21-15-7-5-12(6-8-15)19(27)20-23-18(11-17(22)26)24-25(20)16-9-13-3-1-2-4-14(13)10-16/h1-8,16,19,27H,9-11H2,(H2,22,26). The monoisotopic (exact) mass is 366 g/mol. The third kappa shape index (κ3) is 3.46. The van der Waals surface area contributed by atoms with E-state index in [1.807, 2.05) is 12.1 Å². The number of carbonyl (C=O) groups is 1. The number of rotatable bonds is 5. The van der Waals surface area contributed by atoms with Crippen molar-refractivity contribution in [2.24, 2.45) is 5.73 Å². The zero-order chi connectivity index (χ0) is 19.0. The molecule has 1 aromatic heterocycles. The number of nitrogens with two attached hydrogens (primary N) is 1. The summed E-state index contributed by atoms with van der Waals surface area (Å²) >= 11 is 0. The van der Waals surface area contributed by atoms with Crippen LogP contribution < -0.4 is 5.73 Å². The molecule has 0 spiro atoms. The summed E-state index contributed by atoms with van der Waals surface area (Å²) in [7, 11) is 0. The van der Waals surface area contributed by atoms with Crippen molar-refractivity contribution in [1.82, 2.24) is 14.8 Å². The van der Waals surface area contributed by atoms with Crippen molar-refractivity contribution in [2.75, 3.05) is 0 Å².